The summed E-state index contributed by atoms with van der Waals surface area (Å²) in [5, 5.41) is 3.44. The highest BCUT2D eigenvalue weighted by molar-refractivity contribution is 5.49. The average Bonchev–Trinajstić information content (AvgIpc) is 2.58. The van der Waals surface area contributed by atoms with Gasteiger partial charge < -0.3 is 9.51 Å². The van der Waals surface area contributed by atoms with Gasteiger partial charge in [0, 0.05) is 12.3 Å². The van der Waals surface area contributed by atoms with Crippen molar-refractivity contribution in [2.75, 3.05) is 0 Å². The summed E-state index contributed by atoms with van der Waals surface area (Å²) in [4.78, 5) is 17.0. The molecule has 0 bridgehead atoms. The molecule has 5 heteroatoms. The summed E-state index contributed by atoms with van der Waals surface area (Å²) >= 11 is 0. The van der Waals surface area contributed by atoms with Gasteiger partial charge in [0.05, 0.1) is 5.56 Å². The molecule has 0 aliphatic rings. The van der Waals surface area contributed by atoms with Crippen molar-refractivity contribution in [3.8, 4) is 11.5 Å². The lowest BCUT2D eigenvalue weighted by Crippen LogP contribution is -2.01. The van der Waals surface area contributed by atoms with Crippen molar-refractivity contribution < 1.29 is 4.52 Å². The Kier molecular flexibility index (Phi) is 1.48. The average molecular weight is 163 g/mol. The Labute approximate surface area is 67.1 Å². The van der Waals surface area contributed by atoms with E-state index in [0.29, 0.717) is 11.5 Å². The van der Waals surface area contributed by atoms with E-state index >= 15 is 0 Å². The van der Waals surface area contributed by atoms with Crippen LogP contribution in [0.5, 0.6) is 0 Å². The minimum absolute atomic E-state index is 0.154. The van der Waals surface area contributed by atoms with E-state index in [4.69, 9.17) is 4.52 Å². The summed E-state index contributed by atoms with van der Waals surface area (Å²) in [6.45, 7) is 0. The Hall–Kier alpha value is -1.91. The minimum Gasteiger partial charge on any atom is -0.334 e. The molecule has 0 radical (unpaired) electrons. The van der Waals surface area contributed by atoms with Gasteiger partial charge in [0.15, 0.2) is 6.33 Å². The number of H-pyrrole nitrogens is 1. The van der Waals surface area contributed by atoms with E-state index in [0.717, 1.165) is 0 Å². The standard InChI is InChI=1S/C7H5N3O2/c11-6-2-1-5(3-8-6)7-9-4-10-12-7/h1-4H,(H,8,11). The molecule has 0 unspecified atom stereocenters. The Bertz CT molecular complexity index is 398. The zero-order valence-electron chi connectivity index (χ0n) is 6.02. The molecule has 12 heavy (non-hydrogen) atoms. The molecule has 0 aliphatic heterocycles. The summed E-state index contributed by atoms with van der Waals surface area (Å²) in [6.07, 6.45) is 2.83. The van der Waals surface area contributed by atoms with Crippen LogP contribution in [0.15, 0.2) is 34.0 Å². The second-order valence-electron chi connectivity index (χ2n) is 2.19. The SMILES string of the molecule is O=c1ccc(-c2ncno2)c[nH]1. The first-order valence-corrected chi connectivity index (χ1v) is 3.32. The molecule has 5 nitrogen and oxygen atoms in total. The van der Waals surface area contributed by atoms with E-state index < -0.39 is 0 Å². The first-order chi connectivity index (χ1) is 5.86. The molecule has 2 heterocycles. The van der Waals surface area contributed by atoms with Crippen molar-refractivity contribution in [1.82, 2.24) is 15.1 Å². The van der Waals surface area contributed by atoms with Gasteiger partial charge in [0.1, 0.15) is 0 Å². The van der Waals surface area contributed by atoms with Gasteiger partial charge in [-0.05, 0) is 6.07 Å². The molecule has 1 N–H and O–H groups in total. The second-order valence-corrected chi connectivity index (χ2v) is 2.19. The van der Waals surface area contributed by atoms with Crippen LogP contribution in [0.2, 0.25) is 0 Å². The second kappa shape index (κ2) is 2.61. The Morgan fingerprint density at radius 2 is 2.33 bits per heavy atom. The number of pyridine rings is 1. The number of hydrogen-bond acceptors (Lipinski definition) is 4. The Morgan fingerprint density at radius 1 is 1.42 bits per heavy atom. The first-order valence-electron chi connectivity index (χ1n) is 3.32. The maximum atomic E-state index is 10.7. The normalized spacial score (nSPS) is 10.0. The highest BCUT2D eigenvalue weighted by Gasteiger charge is 2.01. The zero-order chi connectivity index (χ0) is 8.39. The van der Waals surface area contributed by atoms with Crippen molar-refractivity contribution in [2.24, 2.45) is 0 Å². The van der Waals surface area contributed by atoms with Gasteiger partial charge in [-0.3, -0.25) is 4.79 Å². The summed E-state index contributed by atoms with van der Waals surface area (Å²) in [5.74, 6) is 0.395. The van der Waals surface area contributed by atoms with Crippen LogP contribution in [0.25, 0.3) is 11.5 Å². The molecule has 0 fully saturated rings. The predicted molar refractivity (Wildman–Crippen MR) is 40.4 cm³/mol. The molecule has 2 aromatic heterocycles. The molecule has 0 saturated carbocycles. The van der Waals surface area contributed by atoms with Crippen LogP contribution in [-0.2, 0) is 0 Å². The lowest BCUT2D eigenvalue weighted by Gasteiger charge is -1.89. The molecule has 0 atom stereocenters. The van der Waals surface area contributed by atoms with Crippen molar-refractivity contribution >= 4 is 0 Å². The fourth-order valence-electron chi connectivity index (χ4n) is 0.844. The van der Waals surface area contributed by atoms with Crippen LogP contribution in [-0.4, -0.2) is 15.1 Å². The Balaban J connectivity index is 2.49. The number of rotatable bonds is 1. The molecular formula is C7H5N3O2. The molecule has 60 valence electrons. The van der Waals surface area contributed by atoms with Crippen LogP contribution in [0.3, 0.4) is 0 Å². The molecule has 0 saturated heterocycles. The van der Waals surface area contributed by atoms with E-state index in [1.165, 1.54) is 18.6 Å². The molecule has 2 rings (SSSR count). The third-order valence-corrected chi connectivity index (χ3v) is 1.39. The van der Waals surface area contributed by atoms with Crippen molar-refractivity contribution in [3.05, 3.63) is 35.0 Å². The van der Waals surface area contributed by atoms with Crippen LogP contribution in [0, 0.1) is 0 Å². The van der Waals surface area contributed by atoms with Gasteiger partial charge in [-0.2, -0.15) is 4.98 Å². The van der Waals surface area contributed by atoms with E-state index in [2.05, 4.69) is 15.1 Å². The van der Waals surface area contributed by atoms with Crippen LogP contribution >= 0.6 is 0 Å². The molecular weight excluding hydrogens is 158 g/mol. The molecule has 0 spiro atoms. The summed E-state index contributed by atoms with van der Waals surface area (Å²) in [6, 6.07) is 3.02. The van der Waals surface area contributed by atoms with Crippen molar-refractivity contribution in [1.29, 1.82) is 0 Å². The van der Waals surface area contributed by atoms with Crippen molar-refractivity contribution in [3.63, 3.8) is 0 Å². The van der Waals surface area contributed by atoms with Gasteiger partial charge in [-0.15, -0.1) is 0 Å². The van der Waals surface area contributed by atoms with E-state index in [1.807, 2.05) is 0 Å². The highest BCUT2D eigenvalue weighted by atomic mass is 16.5. The lowest BCUT2D eigenvalue weighted by molar-refractivity contribution is 0.430. The summed E-state index contributed by atoms with van der Waals surface area (Å²) < 4.78 is 4.78. The number of nitrogens with one attached hydrogen (secondary N) is 1. The molecule has 0 amide bonds. The number of hydrogen-bond donors (Lipinski definition) is 1. The van der Waals surface area contributed by atoms with Gasteiger partial charge in [0.2, 0.25) is 5.56 Å². The third-order valence-electron chi connectivity index (χ3n) is 1.39. The van der Waals surface area contributed by atoms with E-state index in [1.54, 1.807) is 6.07 Å². The monoisotopic (exact) mass is 163 g/mol. The lowest BCUT2D eigenvalue weighted by atomic mass is 10.3. The summed E-state index contributed by atoms with van der Waals surface area (Å²) in [7, 11) is 0. The van der Waals surface area contributed by atoms with Gasteiger partial charge in [-0.1, -0.05) is 5.16 Å². The fraction of sp³-hybridized carbons (Fsp3) is 0. The number of aromatic amines is 1. The van der Waals surface area contributed by atoms with E-state index in [9.17, 15) is 4.79 Å². The fourth-order valence-corrected chi connectivity index (χ4v) is 0.844. The third kappa shape index (κ3) is 1.12. The van der Waals surface area contributed by atoms with Crippen LogP contribution in [0.1, 0.15) is 0 Å². The summed E-state index contributed by atoms with van der Waals surface area (Å²) in [5.41, 5.74) is 0.547. The predicted octanol–water partition coefficient (Wildman–Crippen LogP) is 0.425. The van der Waals surface area contributed by atoms with Gasteiger partial charge in [-0.25, -0.2) is 0 Å². The highest BCUT2D eigenvalue weighted by Crippen LogP contribution is 2.11. The van der Waals surface area contributed by atoms with E-state index in [-0.39, 0.29) is 5.56 Å². The largest absolute Gasteiger partial charge is 0.334 e. The minimum atomic E-state index is -0.154. The maximum absolute atomic E-state index is 10.7. The van der Waals surface area contributed by atoms with Crippen LogP contribution in [0.4, 0.5) is 0 Å². The molecule has 2 aromatic rings. The number of aromatic nitrogens is 3. The zero-order valence-corrected chi connectivity index (χ0v) is 6.02. The van der Waals surface area contributed by atoms with Gasteiger partial charge in [0.25, 0.3) is 5.89 Å². The van der Waals surface area contributed by atoms with Gasteiger partial charge >= 0.3 is 0 Å². The van der Waals surface area contributed by atoms with Crippen LogP contribution < -0.4 is 5.56 Å². The quantitative estimate of drug-likeness (QED) is 0.661. The first kappa shape index (κ1) is 6.78. The topological polar surface area (TPSA) is 71.8 Å². The van der Waals surface area contributed by atoms with Crippen molar-refractivity contribution in [2.45, 2.75) is 0 Å². The smallest absolute Gasteiger partial charge is 0.259 e. The number of nitrogens with zero attached hydrogens (tertiary/aromatic N) is 2. The Morgan fingerprint density at radius 3 is 2.92 bits per heavy atom. The molecule has 0 aromatic carbocycles. The molecule has 0 aliphatic carbocycles. The maximum Gasteiger partial charge on any atom is 0.259 e.